The number of aryl methyl sites for hydroxylation is 1. The predicted molar refractivity (Wildman–Crippen MR) is 399 cm³/mol. The third-order valence-corrected chi connectivity index (χ3v) is 21.1. The van der Waals surface area contributed by atoms with E-state index in [-0.39, 0.29) is 56.5 Å². The Bertz CT molecular complexity index is 4400. The van der Waals surface area contributed by atoms with E-state index in [9.17, 15) is 62.6 Å². The number of ether oxygens (including phenoxy) is 4. The fourth-order valence-corrected chi connectivity index (χ4v) is 15.0. The van der Waals surface area contributed by atoms with Gasteiger partial charge in [-0.3, -0.25) is 57.5 Å². The van der Waals surface area contributed by atoms with Gasteiger partial charge in [-0.2, -0.15) is 0 Å². The molecule has 4 fully saturated rings. The number of Topliss-reactive ketones (excluding diaryl/α,β-unsaturated/α-hetero) is 2. The monoisotopic (exact) mass is 1510 g/mol. The van der Waals surface area contributed by atoms with E-state index >= 15 is 9.59 Å². The second kappa shape index (κ2) is 35.0. The number of carbonyl (C=O) groups is 13. The smallest absolute Gasteiger partial charge is 0.329 e. The Balaban J connectivity index is 0.000000680. The molecule has 588 valence electrons. The maximum Gasteiger partial charge on any atom is 0.329 e. The number of hydrogen-bond acceptors (Lipinski definition) is 22. The molecular formula is C79H102N10O20. The maximum atomic E-state index is 15.2. The van der Waals surface area contributed by atoms with Gasteiger partial charge in [-0.1, -0.05) is 105 Å². The third-order valence-electron chi connectivity index (χ3n) is 21.1. The molecule has 3 aliphatic heterocycles. The van der Waals surface area contributed by atoms with E-state index in [2.05, 4.69) is 21.3 Å². The highest BCUT2D eigenvalue weighted by Gasteiger charge is 2.48. The topological polar surface area (TPSA) is 409 Å². The molecule has 3 aromatic rings. The first kappa shape index (κ1) is 83.8. The molecule has 30 nitrogen and oxygen atoms in total. The number of benzene rings is 4. The fraction of sp³-hybridized carbons (Fsp3) is 0.532. The van der Waals surface area contributed by atoms with Crippen LogP contribution in [0.1, 0.15) is 156 Å². The second-order valence-corrected chi connectivity index (χ2v) is 30.2. The number of cyclic esters (lactones) is 2. The number of phenolic OH excluding ortho intramolecular Hbond substituents is 1. The molecule has 0 spiro atoms. The number of nitrogens with one attached hydrogen (secondary N) is 4. The van der Waals surface area contributed by atoms with E-state index in [0.717, 1.165) is 9.80 Å². The van der Waals surface area contributed by atoms with E-state index in [4.69, 9.17) is 34.1 Å². The van der Waals surface area contributed by atoms with Crippen molar-refractivity contribution in [1.29, 1.82) is 0 Å². The molecule has 2 saturated carbocycles. The van der Waals surface area contributed by atoms with Gasteiger partial charge in [0, 0.05) is 75.1 Å². The summed E-state index contributed by atoms with van der Waals surface area (Å²) >= 11 is 0. The van der Waals surface area contributed by atoms with Crippen LogP contribution in [-0.2, 0) is 57.4 Å². The van der Waals surface area contributed by atoms with E-state index in [1.165, 1.54) is 91.2 Å². The van der Waals surface area contributed by atoms with Crippen LogP contribution in [0.3, 0.4) is 0 Å². The predicted octanol–water partition coefficient (Wildman–Crippen LogP) is 5.35. The number of carbonyl (C=O) groups excluding carboxylic acids is 13. The number of rotatable bonds is 12. The van der Waals surface area contributed by atoms with Crippen molar-refractivity contribution in [2.24, 2.45) is 47.3 Å². The number of nitrogens with two attached hydrogens (primary N) is 1. The number of aromatic hydroxyl groups is 1. The minimum atomic E-state index is -1.86. The number of hydrogen-bond donors (Lipinski definition) is 6. The second-order valence-electron chi connectivity index (χ2n) is 30.2. The Morgan fingerprint density at radius 2 is 1.06 bits per heavy atom. The van der Waals surface area contributed by atoms with Crippen LogP contribution in [0.5, 0.6) is 17.2 Å². The molecule has 0 aromatic heterocycles. The average molecular weight is 1510 g/mol. The van der Waals surface area contributed by atoms with Crippen LogP contribution in [0, 0.1) is 61.2 Å². The van der Waals surface area contributed by atoms with Crippen molar-refractivity contribution in [3.63, 3.8) is 0 Å². The highest BCUT2D eigenvalue weighted by Crippen LogP contribution is 2.40. The zero-order chi connectivity index (χ0) is 80.8. The van der Waals surface area contributed by atoms with Gasteiger partial charge >= 0.3 is 11.9 Å². The third kappa shape index (κ3) is 17.8. The first-order valence-electron chi connectivity index (χ1n) is 36.7. The van der Waals surface area contributed by atoms with Gasteiger partial charge < -0.3 is 75.1 Å². The Morgan fingerprint density at radius 3 is 1.50 bits per heavy atom. The summed E-state index contributed by atoms with van der Waals surface area (Å²) in [5.74, 6) is -14.6. The number of likely N-dealkylation sites (N-methyl/N-ethyl adjacent to an activating group) is 4. The average Bonchev–Trinajstić information content (AvgIpc) is 1.12. The van der Waals surface area contributed by atoms with E-state index in [1.807, 2.05) is 6.07 Å². The lowest BCUT2D eigenvalue weighted by Gasteiger charge is -2.35. The number of fused-ring (bicyclic) bond motifs is 4. The summed E-state index contributed by atoms with van der Waals surface area (Å²) in [6, 6.07) is 5.96. The number of anilines is 1. The number of nitrogens with zero attached hydrogens (tertiary/aromatic N) is 5. The SMILES string of the molecule is COc1cc(O)c(C(=O)c2ccccc2)c(OC)c1.Cc1c2oc3c(C)ccc(C(=O)NC4C(=O)NC(C(C)C)C(=O)C5CCCC5C(=O)N(C)CC(=O)N(C)C(C(C)C)C(=O)OC4C)c3nc-2c(C(=O)NC2C(=O)NC(C(C)C)C(=O)C3CCCC3C(=O)N(C)CC(=O)N(C)C(C(C)C)C(=O)OC2C)c(N)c1=O. The first-order valence-corrected chi connectivity index (χ1v) is 36.7. The van der Waals surface area contributed by atoms with Gasteiger partial charge in [0.2, 0.25) is 46.7 Å². The number of methoxy groups -OCH3 is 2. The largest absolute Gasteiger partial charge is 0.507 e. The van der Waals surface area contributed by atoms with Crippen LogP contribution in [0.2, 0.25) is 0 Å². The van der Waals surface area contributed by atoms with Crippen molar-refractivity contribution in [2.75, 3.05) is 61.2 Å². The quantitative estimate of drug-likeness (QED) is 0.0396. The zero-order valence-electron chi connectivity index (χ0n) is 65.1. The molecule has 0 radical (unpaired) electrons. The van der Waals surface area contributed by atoms with Crippen molar-refractivity contribution in [2.45, 2.75) is 170 Å². The highest BCUT2D eigenvalue weighted by molar-refractivity contribution is 6.13. The molecular weight excluding hydrogens is 1410 g/mol. The summed E-state index contributed by atoms with van der Waals surface area (Å²) in [5, 5.41) is 20.8. The Morgan fingerprint density at radius 1 is 0.606 bits per heavy atom. The van der Waals surface area contributed by atoms with Crippen molar-refractivity contribution < 1.29 is 90.8 Å². The summed E-state index contributed by atoms with van der Waals surface area (Å²) in [7, 11) is 8.58. The number of nitrogen functional groups attached to an aromatic ring is 1. The number of ketones is 3. The standard InChI is InChI=1S/C64H88N10O16.C15H14O4/c1-27(2)44-53(78)35-19-17-21-37(35)61(84)71(13)25-40(75)73(15)50(29(5)6)63(86)88-33(11)46(59(82)67-44)69-57(80)39-24-23-31(9)55-48(39)66-49-42(43(65)52(77)32(10)56(49)90-55)58(81)70-47-34(12)89-64(87)51(30(7)8)74(16)41(76)26-72(14)62(85)38-22-18-20-36(38)54(79)45(28(3)4)68-60(47)83;1-18-11-8-12(16)14(13(9-11)19-2)15(17)10-6-4-3-5-7-10/h23-24,27-30,33-38,44-47,50-51H,17-22,25-26,65H2,1-16H3,(H,67,82)(H,68,83)(H,69,80)(H,70,81);3-9,16H,1-2H3. The lowest BCUT2D eigenvalue weighted by molar-refractivity contribution is -0.163. The summed E-state index contributed by atoms with van der Waals surface area (Å²) in [4.78, 5) is 209. The van der Waals surface area contributed by atoms with Crippen molar-refractivity contribution in [1.82, 2.24) is 45.9 Å². The minimum absolute atomic E-state index is 0.0668. The molecule has 9 rings (SSSR count). The van der Waals surface area contributed by atoms with Crippen LogP contribution < -0.4 is 41.9 Å². The number of amides is 8. The van der Waals surface area contributed by atoms with Gasteiger partial charge in [-0.15, -0.1) is 0 Å². The van der Waals surface area contributed by atoms with Gasteiger partial charge in [0.15, 0.2) is 22.9 Å². The summed E-state index contributed by atoms with van der Waals surface area (Å²) in [5.41, 5.74) is 4.29. The van der Waals surface area contributed by atoms with Crippen LogP contribution in [0.15, 0.2) is 63.8 Å². The van der Waals surface area contributed by atoms with E-state index in [1.54, 1.807) is 92.6 Å². The van der Waals surface area contributed by atoms with Crippen LogP contribution >= 0.6 is 0 Å². The van der Waals surface area contributed by atoms with Gasteiger partial charge in [0.25, 0.3) is 11.8 Å². The fourth-order valence-electron chi connectivity index (χ4n) is 15.0. The normalized spacial score (nSPS) is 24.7. The molecule has 30 heteroatoms. The molecule has 0 bridgehead atoms. The molecule has 6 aliphatic rings. The molecule has 8 amide bonds. The molecule has 7 N–H and O–H groups in total. The van der Waals surface area contributed by atoms with E-state index < -0.39 is 196 Å². The molecule has 3 aliphatic carbocycles. The van der Waals surface area contributed by atoms with Gasteiger partial charge in [-0.25, -0.2) is 14.6 Å². The lowest BCUT2D eigenvalue weighted by atomic mass is 9.83. The maximum absolute atomic E-state index is 15.2. The Kier molecular flexibility index (Phi) is 26.9. The first-order chi connectivity index (χ1) is 51.3. The molecule has 12 unspecified atom stereocenters. The summed E-state index contributed by atoms with van der Waals surface area (Å²) < 4.78 is 28.5. The van der Waals surface area contributed by atoms with Gasteiger partial charge in [0.05, 0.1) is 56.2 Å². The van der Waals surface area contributed by atoms with Gasteiger partial charge in [0.1, 0.15) is 70.4 Å². The number of aromatic nitrogens is 1. The molecule has 3 aromatic carbocycles. The zero-order valence-corrected chi connectivity index (χ0v) is 65.1. The molecule has 3 heterocycles. The van der Waals surface area contributed by atoms with E-state index in [0.29, 0.717) is 55.4 Å². The molecule has 12 atom stereocenters. The van der Waals surface area contributed by atoms with Crippen molar-refractivity contribution in [3.8, 4) is 28.7 Å². The van der Waals surface area contributed by atoms with Crippen molar-refractivity contribution in [3.05, 3.63) is 98.2 Å². The van der Waals surface area contributed by atoms with Crippen LogP contribution in [-0.4, -0.2) is 210 Å². The van der Waals surface area contributed by atoms with Crippen LogP contribution in [0.4, 0.5) is 5.69 Å². The van der Waals surface area contributed by atoms with Crippen LogP contribution in [0.25, 0.3) is 22.6 Å². The number of phenols is 1. The molecule has 2 saturated heterocycles. The Labute approximate surface area is 632 Å². The van der Waals surface area contributed by atoms with Gasteiger partial charge in [-0.05, 0) is 88.7 Å². The Hall–Kier alpha value is -10.8. The lowest BCUT2D eigenvalue weighted by Crippen LogP contribution is -2.59. The number of esters is 2. The molecule has 109 heavy (non-hydrogen) atoms. The summed E-state index contributed by atoms with van der Waals surface area (Å²) in [6.45, 7) is 18.3. The minimum Gasteiger partial charge on any atom is -0.507 e. The van der Waals surface area contributed by atoms with Crippen molar-refractivity contribution >= 4 is 93.3 Å². The highest BCUT2D eigenvalue weighted by atomic mass is 16.6. The summed E-state index contributed by atoms with van der Waals surface area (Å²) in [6.07, 6.45) is -0.654.